The number of hydrogen-bond acceptors (Lipinski definition) is 4. The Hall–Kier alpha value is -3.01. The standard InChI is InChI=1S/C18H16N4/c1-2-11-20-17-13-16(15-10-6-7-12-19-15)21-18(22-17)14-8-4-3-5-9-14/h2-10,12-13H,1,11H2,(H,20,21,22). The average Bonchev–Trinajstić information content (AvgIpc) is 2.61. The van der Waals surface area contributed by atoms with Crippen LogP contribution in [0.1, 0.15) is 0 Å². The van der Waals surface area contributed by atoms with E-state index >= 15 is 0 Å². The van der Waals surface area contributed by atoms with Gasteiger partial charge in [-0.1, -0.05) is 42.5 Å². The van der Waals surface area contributed by atoms with Crippen molar-refractivity contribution >= 4 is 5.82 Å². The van der Waals surface area contributed by atoms with Gasteiger partial charge in [0.15, 0.2) is 5.82 Å². The molecule has 2 heterocycles. The molecular weight excluding hydrogens is 272 g/mol. The molecule has 0 aliphatic rings. The molecule has 3 aromatic rings. The van der Waals surface area contributed by atoms with Gasteiger partial charge in [0.25, 0.3) is 0 Å². The van der Waals surface area contributed by atoms with Gasteiger partial charge in [-0.15, -0.1) is 6.58 Å². The van der Waals surface area contributed by atoms with Gasteiger partial charge in [0.05, 0.1) is 11.4 Å². The molecule has 0 spiro atoms. The highest BCUT2D eigenvalue weighted by Crippen LogP contribution is 2.22. The zero-order valence-electron chi connectivity index (χ0n) is 12.1. The zero-order chi connectivity index (χ0) is 15.2. The highest BCUT2D eigenvalue weighted by atomic mass is 15.0. The molecule has 0 amide bonds. The smallest absolute Gasteiger partial charge is 0.162 e. The Balaban J connectivity index is 2.08. The number of nitrogens with zero attached hydrogens (tertiary/aromatic N) is 3. The second kappa shape index (κ2) is 6.63. The Bertz CT molecular complexity index is 697. The fourth-order valence-electron chi connectivity index (χ4n) is 2.08. The number of benzene rings is 1. The summed E-state index contributed by atoms with van der Waals surface area (Å²) in [7, 11) is 0. The third-order valence-electron chi connectivity index (χ3n) is 3.11. The molecule has 0 saturated carbocycles. The van der Waals surface area contributed by atoms with E-state index in [1.165, 1.54) is 0 Å². The van der Waals surface area contributed by atoms with Crippen LogP contribution in [0.4, 0.5) is 5.82 Å². The Kier molecular flexibility index (Phi) is 4.20. The topological polar surface area (TPSA) is 50.7 Å². The summed E-state index contributed by atoms with van der Waals surface area (Å²) in [6, 6.07) is 17.6. The first-order chi connectivity index (χ1) is 10.9. The largest absolute Gasteiger partial charge is 0.366 e. The molecule has 3 rings (SSSR count). The minimum absolute atomic E-state index is 0.646. The van der Waals surface area contributed by atoms with Crippen molar-refractivity contribution in [1.82, 2.24) is 15.0 Å². The van der Waals surface area contributed by atoms with Crippen molar-refractivity contribution in [2.75, 3.05) is 11.9 Å². The third kappa shape index (κ3) is 3.17. The first kappa shape index (κ1) is 13.9. The minimum Gasteiger partial charge on any atom is -0.366 e. The van der Waals surface area contributed by atoms with E-state index in [4.69, 9.17) is 0 Å². The normalized spacial score (nSPS) is 10.2. The maximum Gasteiger partial charge on any atom is 0.162 e. The van der Waals surface area contributed by atoms with E-state index in [0.717, 1.165) is 22.8 Å². The lowest BCUT2D eigenvalue weighted by molar-refractivity contribution is 1.14. The van der Waals surface area contributed by atoms with Crippen LogP contribution < -0.4 is 5.32 Å². The van der Waals surface area contributed by atoms with Gasteiger partial charge in [-0.25, -0.2) is 9.97 Å². The van der Waals surface area contributed by atoms with Gasteiger partial charge in [-0.05, 0) is 12.1 Å². The maximum absolute atomic E-state index is 4.64. The molecule has 0 unspecified atom stereocenters. The van der Waals surface area contributed by atoms with Gasteiger partial charge >= 0.3 is 0 Å². The van der Waals surface area contributed by atoms with Crippen molar-refractivity contribution in [2.45, 2.75) is 0 Å². The Labute approximate surface area is 129 Å². The van der Waals surface area contributed by atoms with E-state index in [9.17, 15) is 0 Å². The number of rotatable bonds is 5. The number of hydrogen-bond donors (Lipinski definition) is 1. The third-order valence-corrected chi connectivity index (χ3v) is 3.11. The van der Waals surface area contributed by atoms with Gasteiger partial charge in [-0.2, -0.15) is 0 Å². The van der Waals surface area contributed by atoms with E-state index in [0.29, 0.717) is 12.4 Å². The summed E-state index contributed by atoms with van der Waals surface area (Å²) >= 11 is 0. The van der Waals surface area contributed by atoms with Crippen LogP contribution >= 0.6 is 0 Å². The zero-order valence-corrected chi connectivity index (χ0v) is 12.1. The molecule has 4 heteroatoms. The molecule has 1 aromatic carbocycles. The summed E-state index contributed by atoms with van der Waals surface area (Å²) in [5.74, 6) is 1.43. The summed E-state index contributed by atoms with van der Waals surface area (Å²) in [6.07, 6.45) is 3.56. The minimum atomic E-state index is 0.646. The predicted molar refractivity (Wildman–Crippen MR) is 89.4 cm³/mol. The molecular formula is C18H16N4. The summed E-state index contributed by atoms with van der Waals surface area (Å²) in [6.45, 7) is 4.36. The summed E-state index contributed by atoms with van der Waals surface area (Å²) in [4.78, 5) is 13.6. The summed E-state index contributed by atoms with van der Waals surface area (Å²) in [5.41, 5.74) is 2.59. The quantitative estimate of drug-likeness (QED) is 0.725. The van der Waals surface area contributed by atoms with Crippen LogP contribution in [0.2, 0.25) is 0 Å². The monoisotopic (exact) mass is 288 g/mol. The van der Waals surface area contributed by atoms with Crippen molar-refractivity contribution in [3.8, 4) is 22.8 Å². The van der Waals surface area contributed by atoms with Crippen LogP contribution in [0.15, 0.2) is 73.4 Å². The van der Waals surface area contributed by atoms with E-state index in [1.54, 1.807) is 12.3 Å². The fourth-order valence-corrected chi connectivity index (χ4v) is 2.08. The molecule has 22 heavy (non-hydrogen) atoms. The van der Waals surface area contributed by atoms with Gasteiger partial charge in [-0.3, -0.25) is 4.98 Å². The second-order valence-electron chi connectivity index (χ2n) is 4.71. The highest BCUT2D eigenvalue weighted by Gasteiger charge is 2.08. The second-order valence-corrected chi connectivity index (χ2v) is 4.71. The summed E-state index contributed by atoms with van der Waals surface area (Å²) in [5, 5.41) is 3.22. The van der Waals surface area contributed by atoms with E-state index < -0.39 is 0 Å². The lowest BCUT2D eigenvalue weighted by Gasteiger charge is -2.09. The van der Waals surface area contributed by atoms with E-state index in [2.05, 4.69) is 26.8 Å². The lowest BCUT2D eigenvalue weighted by Crippen LogP contribution is -2.03. The van der Waals surface area contributed by atoms with Crippen LogP contribution in [-0.2, 0) is 0 Å². The average molecular weight is 288 g/mol. The SMILES string of the molecule is C=CCNc1cc(-c2ccccn2)nc(-c2ccccc2)n1. The van der Waals surface area contributed by atoms with E-state index in [-0.39, 0.29) is 0 Å². The molecule has 0 fully saturated rings. The van der Waals surface area contributed by atoms with Crippen molar-refractivity contribution < 1.29 is 0 Å². The molecule has 4 nitrogen and oxygen atoms in total. The van der Waals surface area contributed by atoms with Crippen LogP contribution in [-0.4, -0.2) is 21.5 Å². The first-order valence-electron chi connectivity index (χ1n) is 7.07. The van der Waals surface area contributed by atoms with Crippen molar-refractivity contribution in [3.05, 3.63) is 73.4 Å². The van der Waals surface area contributed by atoms with Gasteiger partial charge in [0, 0.05) is 24.4 Å². The van der Waals surface area contributed by atoms with Gasteiger partial charge in [0.1, 0.15) is 5.82 Å². The van der Waals surface area contributed by atoms with Crippen molar-refractivity contribution in [2.24, 2.45) is 0 Å². The molecule has 108 valence electrons. The van der Waals surface area contributed by atoms with Crippen LogP contribution in [0.5, 0.6) is 0 Å². The Morgan fingerprint density at radius 2 is 1.77 bits per heavy atom. The number of pyridine rings is 1. The van der Waals surface area contributed by atoms with E-state index in [1.807, 2.05) is 54.6 Å². The van der Waals surface area contributed by atoms with Crippen LogP contribution in [0, 0.1) is 0 Å². The maximum atomic E-state index is 4.64. The fraction of sp³-hybridized carbons (Fsp3) is 0.0556. The number of nitrogens with one attached hydrogen (secondary N) is 1. The molecule has 0 aliphatic carbocycles. The summed E-state index contributed by atoms with van der Waals surface area (Å²) < 4.78 is 0. The molecule has 0 aliphatic heterocycles. The Morgan fingerprint density at radius 1 is 0.955 bits per heavy atom. The van der Waals surface area contributed by atoms with Gasteiger partial charge < -0.3 is 5.32 Å². The van der Waals surface area contributed by atoms with Crippen molar-refractivity contribution in [3.63, 3.8) is 0 Å². The molecule has 0 bridgehead atoms. The molecule has 2 aromatic heterocycles. The van der Waals surface area contributed by atoms with Gasteiger partial charge in [0.2, 0.25) is 0 Å². The lowest BCUT2D eigenvalue weighted by atomic mass is 10.2. The van der Waals surface area contributed by atoms with Crippen LogP contribution in [0.3, 0.4) is 0 Å². The predicted octanol–water partition coefficient (Wildman–Crippen LogP) is 3.80. The number of anilines is 1. The molecule has 1 N–H and O–H groups in total. The first-order valence-corrected chi connectivity index (χ1v) is 7.07. The van der Waals surface area contributed by atoms with Crippen LogP contribution in [0.25, 0.3) is 22.8 Å². The Morgan fingerprint density at radius 3 is 2.50 bits per heavy atom. The molecule has 0 atom stereocenters. The highest BCUT2D eigenvalue weighted by molar-refractivity contribution is 5.65. The molecule has 0 saturated heterocycles. The molecule has 0 radical (unpaired) electrons. The number of aromatic nitrogens is 3. The van der Waals surface area contributed by atoms with Crippen molar-refractivity contribution in [1.29, 1.82) is 0 Å².